The van der Waals surface area contributed by atoms with Crippen LogP contribution in [0.15, 0.2) is 30.6 Å². The number of pyridine rings is 1. The monoisotopic (exact) mass is 421 g/mol. The van der Waals surface area contributed by atoms with Crippen molar-refractivity contribution in [2.24, 2.45) is 7.05 Å². The van der Waals surface area contributed by atoms with Gasteiger partial charge >= 0.3 is 0 Å². The quantitative estimate of drug-likeness (QED) is 0.646. The van der Waals surface area contributed by atoms with Crippen molar-refractivity contribution < 1.29 is 9.18 Å². The Morgan fingerprint density at radius 2 is 2.03 bits per heavy atom. The molecule has 3 aromatic rings. The van der Waals surface area contributed by atoms with E-state index in [-0.39, 0.29) is 24.7 Å². The first-order chi connectivity index (χ1) is 14.8. The third kappa shape index (κ3) is 3.54. The number of aromatic nitrogens is 5. The lowest BCUT2D eigenvalue weighted by atomic mass is 9.98. The molecule has 0 saturated carbocycles. The number of anilines is 1. The van der Waals surface area contributed by atoms with E-state index in [1.165, 1.54) is 11.8 Å². The Balaban J connectivity index is 1.36. The zero-order valence-electron chi connectivity index (χ0n) is 17.8. The van der Waals surface area contributed by atoms with E-state index in [9.17, 15) is 9.18 Å². The van der Waals surface area contributed by atoms with Gasteiger partial charge in [-0.3, -0.25) is 14.5 Å². The molecule has 8 nitrogen and oxygen atoms in total. The fraction of sp³-hybridized carbons (Fsp3) is 0.409. The molecule has 9 heteroatoms. The lowest BCUT2D eigenvalue weighted by Crippen LogP contribution is -2.59. The Labute approximate surface area is 179 Å². The molecule has 3 aromatic heterocycles. The fourth-order valence-electron chi connectivity index (χ4n) is 4.36. The van der Waals surface area contributed by atoms with Crippen molar-refractivity contribution in [3.05, 3.63) is 53.1 Å². The van der Waals surface area contributed by atoms with Crippen LogP contribution in [0.3, 0.4) is 0 Å². The van der Waals surface area contributed by atoms with Crippen LogP contribution in [0.25, 0.3) is 11.3 Å². The number of aryl methyl sites for hydroxylation is 2. The third-order valence-electron chi connectivity index (χ3n) is 5.96. The first-order valence-electron chi connectivity index (χ1n) is 10.3. The summed E-state index contributed by atoms with van der Waals surface area (Å²) in [6.07, 6.45) is 4.48. The molecule has 5 heterocycles. The molecule has 1 amide bonds. The van der Waals surface area contributed by atoms with Crippen LogP contribution >= 0.6 is 0 Å². The normalized spacial score (nSPS) is 17.3. The van der Waals surface area contributed by atoms with Crippen LogP contribution in [0.5, 0.6) is 0 Å². The summed E-state index contributed by atoms with van der Waals surface area (Å²) in [4.78, 5) is 20.8. The number of alkyl halides is 1. The minimum absolute atomic E-state index is 0.100. The smallest absolute Gasteiger partial charge is 0.274 e. The highest BCUT2D eigenvalue weighted by atomic mass is 19.1. The van der Waals surface area contributed by atoms with Crippen LogP contribution < -0.4 is 4.90 Å². The molecular weight excluding hydrogens is 397 g/mol. The van der Waals surface area contributed by atoms with Gasteiger partial charge in [0, 0.05) is 50.2 Å². The molecule has 0 aromatic carbocycles. The van der Waals surface area contributed by atoms with E-state index in [4.69, 9.17) is 0 Å². The molecule has 0 aliphatic carbocycles. The van der Waals surface area contributed by atoms with E-state index in [1.54, 1.807) is 12.3 Å². The number of likely N-dealkylation sites (tertiary alicyclic amines) is 1. The largest absolute Gasteiger partial charge is 0.350 e. The molecule has 1 fully saturated rings. The maximum Gasteiger partial charge on any atom is 0.274 e. The minimum Gasteiger partial charge on any atom is -0.350 e. The number of nitrogens with zero attached hydrogens (tertiary/aromatic N) is 7. The van der Waals surface area contributed by atoms with Gasteiger partial charge in [0.2, 0.25) is 0 Å². The van der Waals surface area contributed by atoms with Crippen molar-refractivity contribution in [3.8, 4) is 11.3 Å². The van der Waals surface area contributed by atoms with E-state index in [0.29, 0.717) is 6.54 Å². The average Bonchev–Trinajstić information content (AvgIpc) is 3.16. The van der Waals surface area contributed by atoms with E-state index in [0.717, 1.165) is 46.9 Å². The summed E-state index contributed by atoms with van der Waals surface area (Å²) in [6, 6.07) is 5.88. The molecule has 1 saturated heterocycles. The van der Waals surface area contributed by atoms with Crippen LogP contribution in [0, 0.1) is 6.92 Å². The Kier molecular flexibility index (Phi) is 4.49. The Morgan fingerprint density at radius 1 is 1.23 bits per heavy atom. The van der Waals surface area contributed by atoms with Gasteiger partial charge < -0.3 is 9.80 Å². The summed E-state index contributed by atoms with van der Waals surface area (Å²) >= 11 is 0. The van der Waals surface area contributed by atoms with Gasteiger partial charge in [-0.15, -0.1) is 10.2 Å². The van der Waals surface area contributed by atoms with Crippen molar-refractivity contribution >= 4 is 11.7 Å². The summed E-state index contributed by atoms with van der Waals surface area (Å²) in [5, 5.41) is 12.8. The molecule has 0 N–H and O–H groups in total. The number of amides is 1. The SMILES string of the molecule is Cc1cc(C(=O)N2CC(C)(F)C2)nnc1N1CCc2ncc(-c3ccnn3C)cc2C1. The third-order valence-corrected chi connectivity index (χ3v) is 5.96. The summed E-state index contributed by atoms with van der Waals surface area (Å²) in [5.74, 6) is 0.485. The molecule has 0 radical (unpaired) electrons. The van der Waals surface area contributed by atoms with Crippen molar-refractivity contribution in [2.75, 3.05) is 24.5 Å². The number of hydrogen-bond donors (Lipinski definition) is 0. The van der Waals surface area contributed by atoms with Crippen molar-refractivity contribution in [3.63, 3.8) is 0 Å². The number of fused-ring (bicyclic) bond motifs is 1. The van der Waals surface area contributed by atoms with Gasteiger partial charge in [0.25, 0.3) is 5.91 Å². The van der Waals surface area contributed by atoms with Gasteiger partial charge in [-0.25, -0.2) is 4.39 Å². The number of carbonyl (C=O) groups is 1. The summed E-state index contributed by atoms with van der Waals surface area (Å²) in [5.41, 5.74) is 4.11. The van der Waals surface area contributed by atoms with Crippen LogP contribution in [0.1, 0.15) is 34.2 Å². The van der Waals surface area contributed by atoms with Gasteiger partial charge in [0.05, 0.1) is 18.8 Å². The molecule has 0 bridgehead atoms. The number of rotatable bonds is 3. The van der Waals surface area contributed by atoms with Gasteiger partial charge in [-0.1, -0.05) is 0 Å². The van der Waals surface area contributed by atoms with Crippen molar-refractivity contribution in [1.82, 2.24) is 29.9 Å². The standard InChI is InChI=1S/C22H24FN7O/c1-14-8-18(21(31)30-12-22(2,23)13-30)26-27-20(14)29-7-5-17-16(11-29)9-15(10-24-17)19-4-6-25-28(19)3/h4,6,8-10H,5,7,11-13H2,1-3H3. The van der Waals surface area contributed by atoms with E-state index < -0.39 is 5.67 Å². The number of halogens is 1. The summed E-state index contributed by atoms with van der Waals surface area (Å²) in [6.45, 7) is 5.07. The molecule has 160 valence electrons. The highest BCUT2D eigenvalue weighted by Gasteiger charge is 2.42. The Hall–Kier alpha value is -3.36. The van der Waals surface area contributed by atoms with Crippen molar-refractivity contribution in [1.29, 1.82) is 0 Å². The second-order valence-corrected chi connectivity index (χ2v) is 8.65. The van der Waals surface area contributed by atoms with Crippen LogP contribution in [0.4, 0.5) is 10.2 Å². The molecule has 2 aliphatic heterocycles. The molecule has 0 unspecified atom stereocenters. The van der Waals surface area contributed by atoms with Crippen molar-refractivity contribution in [2.45, 2.75) is 32.5 Å². The first-order valence-corrected chi connectivity index (χ1v) is 10.3. The molecular formula is C22H24FN7O. The summed E-state index contributed by atoms with van der Waals surface area (Å²) in [7, 11) is 1.91. The van der Waals surface area contributed by atoms with E-state index in [2.05, 4.69) is 31.2 Å². The van der Waals surface area contributed by atoms with Gasteiger partial charge in [-0.2, -0.15) is 5.10 Å². The van der Waals surface area contributed by atoms with E-state index in [1.807, 2.05) is 30.9 Å². The van der Waals surface area contributed by atoms with Gasteiger partial charge in [-0.05, 0) is 43.2 Å². The minimum atomic E-state index is -1.30. The first kappa shape index (κ1) is 19.6. The fourth-order valence-corrected chi connectivity index (χ4v) is 4.36. The van der Waals surface area contributed by atoms with Crippen LogP contribution in [-0.4, -0.2) is 61.1 Å². The maximum atomic E-state index is 13.7. The Morgan fingerprint density at radius 3 is 2.71 bits per heavy atom. The zero-order chi connectivity index (χ0) is 21.8. The molecule has 5 rings (SSSR count). The second-order valence-electron chi connectivity index (χ2n) is 8.65. The predicted molar refractivity (Wildman–Crippen MR) is 113 cm³/mol. The van der Waals surface area contributed by atoms with E-state index >= 15 is 0 Å². The zero-order valence-corrected chi connectivity index (χ0v) is 17.8. The highest BCUT2D eigenvalue weighted by Crippen LogP contribution is 2.29. The van der Waals surface area contributed by atoms with Crippen LogP contribution in [-0.2, 0) is 20.0 Å². The van der Waals surface area contributed by atoms with Crippen LogP contribution in [0.2, 0.25) is 0 Å². The topological polar surface area (TPSA) is 80.0 Å². The number of carbonyl (C=O) groups excluding carboxylic acids is 1. The molecule has 31 heavy (non-hydrogen) atoms. The second kappa shape index (κ2) is 7.11. The number of hydrogen-bond acceptors (Lipinski definition) is 6. The van der Waals surface area contributed by atoms with Gasteiger partial charge in [0.1, 0.15) is 5.67 Å². The molecule has 0 spiro atoms. The lowest BCUT2D eigenvalue weighted by molar-refractivity contribution is -0.00830. The average molecular weight is 421 g/mol. The lowest BCUT2D eigenvalue weighted by Gasteiger charge is -2.41. The molecule has 2 aliphatic rings. The summed E-state index contributed by atoms with van der Waals surface area (Å²) < 4.78 is 15.6. The van der Waals surface area contributed by atoms with Gasteiger partial charge in [0.15, 0.2) is 11.5 Å². The maximum absolute atomic E-state index is 13.7. The Bertz CT molecular complexity index is 1160. The highest BCUT2D eigenvalue weighted by molar-refractivity contribution is 5.93. The predicted octanol–water partition coefficient (Wildman–Crippen LogP) is 2.33. The molecule has 0 atom stereocenters.